The Morgan fingerprint density at radius 1 is 0.950 bits per heavy atom. The fraction of sp³-hybridized carbons (Fsp3) is 0.281. The lowest BCUT2D eigenvalue weighted by Gasteiger charge is -2.25. The van der Waals surface area contributed by atoms with Gasteiger partial charge in [-0.15, -0.1) is 11.3 Å². The molecule has 1 fully saturated rings. The molecule has 2 N–H and O–H groups in total. The molecule has 4 aromatic rings. The summed E-state index contributed by atoms with van der Waals surface area (Å²) < 4.78 is 0. The Kier molecular flexibility index (Phi) is 9.14. The van der Waals surface area contributed by atoms with Crippen LogP contribution < -0.4 is 10.2 Å². The van der Waals surface area contributed by atoms with E-state index in [0.717, 1.165) is 27.6 Å². The number of aromatic nitrogens is 1. The highest BCUT2D eigenvalue weighted by molar-refractivity contribution is 7.14. The second-order valence-electron chi connectivity index (χ2n) is 10.1. The van der Waals surface area contributed by atoms with E-state index in [1.807, 2.05) is 36.4 Å². The molecule has 8 heteroatoms. The summed E-state index contributed by atoms with van der Waals surface area (Å²) in [6.07, 6.45) is 6.36. The zero-order valence-corrected chi connectivity index (χ0v) is 23.8. The van der Waals surface area contributed by atoms with Gasteiger partial charge in [0.05, 0.1) is 18.7 Å². The maximum absolute atomic E-state index is 12.4. The lowest BCUT2D eigenvalue weighted by Crippen LogP contribution is -2.26. The first-order valence-corrected chi connectivity index (χ1v) is 14.9. The Labute approximate surface area is 243 Å². The molecule has 0 radical (unpaired) electrons. The van der Waals surface area contributed by atoms with Gasteiger partial charge in [-0.05, 0) is 66.3 Å². The Morgan fingerprint density at radius 3 is 2.33 bits per heavy atom. The van der Waals surface area contributed by atoms with Gasteiger partial charge in [-0.3, -0.25) is 9.59 Å². The SMILES string of the molecule is O=C(O)CCNC(=O)c1ccc(CN(c2ccc(C3CCCCC3)cc2)c2nc(-c3ccc(Cl)cc3)cs2)cc1. The molecule has 3 aromatic carbocycles. The quantitative estimate of drug-likeness (QED) is 0.200. The number of thiazole rings is 1. The number of carbonyl (C=O) groups excluding carboxylic acids is 1. The number of carbonyl (C=O) groups is 2. The van der Waals surface area contributed by atoms with Crippen LogP contribution >= 0.6 is 22.9 Å². The third kappa shape index (κ3) is 7.09. The number of hydrogen-bond acceptors (Lipinski definition) is 5. The number of rotatable bonds is 10. The minimum atomic E-state index is -0.941. The third-order valence-corrected chi connectivity index (χ3v) is 8.44. The zero-order valence-electron chi connectivity index (χ0n) is 22.2. The molecule has 1 amide bonds. The molecule has 1 saturated carbocycles. The van der Waals surface area contributed by atoms with E-state index < -0.39 is 5.97 Å². The second kappa shape index (κ2) is 13.1. The average Bonchev–Trinajstić information content (AvgIpc) is 3.47. The Bertz CT molecular complexity index is 1430. The van der Waals surface area contributed by atoms with Crippen molar-refractivity contribution in [3.8, 4) is 11.3 Å². The maximum Gasteiger partial charge on any atom is 0.305 e. The molecule has 0 bridgehead atoms. The number of anilines is 2. The van der Waals surface area contributed by atoms with Crippen molar-refractivity contribution >= 4 is 45.6 Å². The molecule has 1 aliphatic carbocycles. The first kappa shape index (κ1) is 27.9. The molecule has 5 rings (SSSR count). The van der Waals surface area contributed by atoms with Crippen LogP contribution in [0.2, 0.25) is 5.02 Å². The van der Waals surface area contributed by atoms with Crippen molar-refractivity contribution < 1.29 is 14.7 Å². The Hall–Kier alpha value is -3.68. The summed E-state index contributed by atoms with van der Waals surface area (Å²) in [7, 11) is 0. The van der Waals surface area contributed by atoms with Gasteiger partial charge in [-0.25, -0.2) is 4.98 Å². The predicted molar refractivity (Wildman–Crippen MR) is 162 cm³/mol. The first-order chi connectivity index (χ1) is 19.5. The predicted octanol–water partition coefficient (Wildman–Crippen LogP) is 8.05. The third-order valence-electron chi connectivity index (χ3n) is 7.33. The van der Waals surface area contributed by atoms with Crippen molar-refractivity contribution in [3.63, 3.8) is 0 Å². The molecular weight excluding hydrogens is 542 g/mol. The van der Waals surface area contributed by atoms with Crippen LogP contribution in [-0.2, 0) is 11.3 Å². The largest absolute Gasteiger partial charge is 0.481 e. The summed E-state index contributed by atoms with van der Waals surface area (Å²) in [5, 5.41) is 15.1. The van der Waals surface area contributed by atoms with Crippen molar-refractivity contribution in [2.24, 2.45) is 0 Å². The highest BCUT2D eigenvalue weighted by Crippen LogP contribution is 2.37. The van der Waals surface area contributed by atoms with Crippen molar-refractivity contribution in [1.29, 1.82) is 0 Å². The van der Waals surface area contributed by atoms with Crippen LogP contribution in [-0.4, -0.2) is 28.5 Å². The number of nitrogens with zero attached hydrogens (tertiary/aromatic N) is 2. The number of hydrogen-bond donors (Lipinski definition) is 2. The van der Waals surface area contributed by atoms with Crippen molar-refractivity contribution in [2.75, 3.05) is 11.4 Å². The van der Waals surface area contributed by atoms with Crippen LogP contribution in [0.5, 0.6) is 0 Å². The Balaban J connectivity index is 1.38. The first-order valence-electron chi connectivity index (χ1n) is 13.6. The van der Waals surface area contributed by atoms with Gasteiger partial charge in [-0.2, -0.15) is 0 Å². The summed E-state index contributed by atoms with van der Waals surface area (Å²) in [6, 6.07) is 24.0. The average molecular weight is 574 g/mol. The lowest BCUT2D eigenvalue weighted by atomic mass is 9.84. The molecule has 0 unspecified atom stereocenters. The number of carboxylic acids is 1. The standard InChI is InChI=1S/C32H32ClN3O3S/c33-27-14-10-25(11-15-27)29-21-40-32(35-29)36(28-16-12-24(13-17-28)23-4-2-1-3-5-23)20-22-6-8-26(9-7-22)31(39)34-19-18-30(37)38/h6-17,21,23H,1-5,18-20H2,(H,34,39)(H,37,38). The van der Waals surface area contributed by atoms with Gasteiger partial charge in [0.15, 0.2) is 5.13 Å². The van der Waals surface area contributed by atoms with E-state index in [4.69, 9.17) is 21.7 Å². The fourth-order valence-electron chi connectivity index (χ4n) is 5.10. The van der Waals surface area contributed by atoms with Gasteiger partial charge in [0, 0.05) is 33.8 Å². The summed E-state index contributed by atoms with van der Waals surface area (Å²) in [4.78, 5) is 30.3. The smallest absolute Gasteiger partial charge is 0.305 e. The molecular formula is C32H32ClN3O3S. The van der Waals surface area contributed by atoms with Crippen molar-refractivity contribution in [2.45, 2.75) is 51.0 Å². The summed E-state index contributed by atoms with van der Waals surface area (Å²) in [5.74, 6) is -0.582. The van der Waals surface area contributed by atoms with E-state index in [-0.39, 0.29) is 18.9 Å². The fourth-order valence-corrected chi connectivity index (χ4v) is 6.08. The van der Waals surface area contributed by atoms with E-state index in [0.29, 0.717) is 23.0 Å². The maximum atomic E-state index is 12.4. The zero-order chi connectivity index (χ0) is 27.9. The second-order valence-corrected chi connectivity index (χ2v) is 11.4. The number of nitrogens with one attached hydrogen (secondary N) is 1. The van der Waals surface area contributed by atoms with Crippen molar-refractivity contribution in [3.05, 3.63) is 99.9 Å². The van der Waals surface area contributed by atoms with Gasteiger partial charge in [0.25, 0.3) is 5.91 Å². The number of aliphatic carboxylic acids is 1. The van der Waals surface area contributed by atoms with Crippen LogP contribution in [0.4, 0.5) is 10.8 Å². The summed E-state index contributed by atoms with van der Waals surface area (Å²) in [6.45, 7) is 0.678. The summed E-state index contributed by atoms with van der Waals surface area (Å²) >= 11 is 7.68. The minimum absolute atomic E-state index is 0.0978. The molecule has 1 aromatic heterocycles. The molecule has 1 heterocycles. The highest BCUT2D eigenvalue weighted by atomic mass is 35.5. The molecule has 0 aliphatic heterocycles. The summed E-state index contributed by atoms with van der Waals surface area (Å²) in [5.41, 5.74) is 5.90. The van der Waals surface area contributed by atoms with Crippen LogP contribution in [0, 0.1) is 0 Å². The van der Waals surface area contributed by atoms with E-state index in [2.05, 4.69) is 39.9 Å². The normalized spacial score (nSPS) is 13.6. The number of halogens is 1. The van der Waals surface area contributed by atoms with Crippen LogP contribution in [0.3, 0.4) is 0 Å². The van der Waals surface area contributed by atoms with Gasteiger partial charge in [0.2, 0.25) is 0 Å². The number of carboxylic acid groups (broad SMARTS) is 1. The monoisotopic (exact) mass is 573 g/mol. The number of benzene rings is 3. The molecule has 0 atom stereocenters. The van der Waals surface area contributed by atoms with Crippen molar-refractivity contribution in [1.82, 2.24) is 10.3 Å². The molecule has 0 saturated heterocycles. The minimum Gasteiger partial charge on any atom is -0.481 e. The van der Waals surface area contributed by atoms with Gasteiger partial charge in [0.1, 0.15) is 0 Å². The van der Waals surface area contributed by atoms with Gasteiger partial charge >= 0.3 is 5.97 Å². The molecule has 1 aliphatic rings. The Morgan fingerprint density at radius 2 is 1.65 bits per heavy atom. The topological polar surface area (TPSA) is 82.5 Å². The molecule has 6 nitrogen and oxygen atoms in total. The van der Waals surface area contributed by atoms with E-state index in [1.54, 1.807) is 23.5 Å². The lowest BCUT2D eigenvalue weighted by molar-refractivity contribution is -0.136. The van der Waals surface area contributed by atoms with Gasteiger partial charge in [-0.1, -0.05) is 67.3 Å². The van der Waals surface area contributed by atoms with Crippen LogP contribution in [0.25, 0.3) is 11.3 Å². The molecule has 0 spiro atoms. The van der Waals surface area contributed by atoms with Gasteiger partial charge < -0.3 is 15.3 Å². The number of amides is 1. The molecule has 40 heavy (non-hydrogen) atoms. The highest BCUT2D eigenvalue weighted by Gasteiger charge is 2.19. The van der Waals surface area contributed by atoms with E-state index in [1.165, 1.54) is 37.7 Å². The molecule has 206 valence electrons. The van der Waals surface area contributed by atoms with Crippen LogP contribution in [0.1, 0.15) is 65.9 Å². The van der Waals surface area contributed by atoms with Crippen LogP contribution in [0.15, 0.2) is 78.2 Å². The van der Waals surface area contributed by atoms with E-state index in [9.17, 15) is 9.59 Å². The van der Waals surface area contributed by atoms with E-state index >= 15 is 0 Å².